The number of carbonyl (C=O) groups is 2. The summed E-state index contributed by atoms with van der Waals surface area (Å²) < 4.78 is 43.1. The van der Waals surface area contributed by atoms with Gasteiger partial charge < -0.3 is 20.1 Å². The molecule has 16 heteroatoms. The molecule has 2 aliphatic rings. The Labute approximate surface area is 267 Å². The number of ether oxygens (including phenoxy) is 2. The SMILES string of the molecule is CCOC1CCC(n2cc(NC(=O)c3csc(-c4cnn(COC(=O)[C@@H]5CCCN5)c4)n3)c(-c3nc(F)ccc3F)n2)CC1.Cl. The molecule has 1 aliphatic carbocycles. The second kappa shape index (κ2) is 14.5. The van der Waals surface area contributed by atoms with E-state index in [-0.39, 0.29) is 66.1 Å². The standard InChI is InChI=1S/C29H32F2N8O4S.ClH/c1-2-42-19-7-5-18(6-8-19)39-14-22(26(37-39)25-20(30)9-10-24(31)36-25)34-27(40)23-15-44-28(35-23)17-12-33-38(13-17)16-43-29(41)21-4-3-11-32-21;/h9-10,12-15,18-19,21,32H,2-8,11,16H2,1H3,(H,34,40);1H/t18?,19?,21-;/m0./s1. The van der Waals surface area contributed by atoms with Crippen LogP contribution in [0.3, 0.4) is 0 Å². The minimum Gasteiger partial charge on any atom is -0.441 e. The highest BCUT2D eigenvalue weighted by atomic mass is 35.5. The summed E-state index contributed by atoms with van der Waals surface area (Å²) in [6, 6.07) is 1.62. The lowest BCUT2D eigenvalue weighted by Crippen LogP contribution is -2.32. The molecule has 1 saturated carbocycles. The van der Waals surface area contributed by atoms with Crippen molar-refractivity contribution >= 4 is 41.3 Å². The number of hydrogen-bond donors (Lipinski definition) is 2. The fraction of sp³-hybridized carbons (Fsp3) is 0.448. The Hall–Kier alpha value is -3.79. The molecule has 6 rings (SSSR count). The van der Waals surface area contributed by atoms with Crippen LogP contribution in [0.1, 0.15) is 62.0 Å². The van der Waals surface area contributed by atoms with Gasteiger partial charge in [0, 0.05) is 29.9 Å². The smallest absolute Gasteiger partial charge is 0.324 e. The molecule has 0 unspecified atom stereocenters. The van der Waals surface area contributed by atoms with E-state index in [2.05, 4.69) is 30.8 Å². The summed E-state index contributed by atoms with van der Waals surface area (Å²) in [6.45, 7) is 3.37. The lowest BCUT2D eigenvalue weighted by Gasteiger charge is -2.28. The van der Waals surface area contributed by atoms with Crippen molar-refractivity contribution in [2.45, 2.75) is 70.4 Å². The van der Waals surface area contributed by atoms with Gasteiger partial charge in [-0.2, -0.15) is 14.6 Å². The van der Waals surface area contributed by atoms with E-state index in [0.29, 0.717) is 17.2 Å². The fourth-order valence-corrected chi connectivity index (χ4v) is 6.27. The van der Waals surface area contributed by atoms with Crippen LogP contribution in [0, 0.1) is 11.8 Å². The van der Waals surface area contributed by atoms with Crippen molar-refractivity contribution in [1.82, 2.24) is 34.8 Å². The van der Waals surface area contributed by atoms with Crippen molar-refractivity contribution < 1.29 is 27.8 Å². The van der Waals surface area contributed by atoms with E-state index >= 15 is 0 Å². The minimum absolute atomic E-state index is 0. The van der Waals surface area contributed by atoms with Gasteiger partial charge in [0.05, 0.1) is 24.0 Å². The number of esters is 1. The Kier molecular flexibility index (Phi) is 10.5. The maximum atomic E-state index is 14.8. The lowest BCUT2D eigenvalue weighted by molar-refractivity contribution is -0.150. The van der Waals surface area contributed by atoms with Crippen LogP contribution in [0.2, 0.25) is 0 Å². The van der Waals surface area contributed by atoms with Crippen LogP contribution in [-0.2, 0) is 21.0 Å². The Bertz CT molecular complexity index is 1630. The first-order valence-electron chi connectivity index (χ1n) is 14.6. The summed E-state index contributed by atoms with van der Waals surface area (Å²) in [5, 5.41) is 16.8. The third-order valence-corrected chi connectivity index (χ3v) is 8.63. The summed E-state index contributed by atoms with van der Waals surface area (Å²) in [4.78, 5) is 33.7. The second-order valence-corrected chi connectivity index (χ2v) is 11.6. The summed E-state index contributed by atoms with van der Waals surface area (Å²) in [5.41, 5.74) is 0.699. The molecule has 0 radical (unpaired) electrons. The molecule has 1 amide bonds. The zero-order chi connectivity index (χ0) is 30.6. The number of hydrogen-bond acceptors (Lipinski definition) is 10. The number of pyridine rings is 1. The van der Waals surface area contributed by atoms with Gasteiger partial charge in [-0.15, -0.1) is 23.7 Å². The minimum atomic E-state index is -0.861. The van der Waals surface area contributed by atoms with E-state index in [9.17, 15) is 18.4 Å². The fourth-order valence-electron chi connectivity index (χ4n) is 5.50. The highest BCUT2D eigenvalue weighted by molar-refractivity contribution is 7.13. The van der Waals surface area contributed by atoms with Crippen LogP contribution in [0.25, 0.3) is 22.0 Å². The molecule has 12 nitrogen and oxygen atoms in total. The molecule has 1 aliphatic heterocycles. The van der Waals surface area contributed by atoms with E-state index in [4.69, 9.17) is 9.47 Å². The Morgan fingerprint density at radius 3 is 2.69 bits per heavy atom. The topological polar surface area (TPSA) is 138 Å². The van der Waals surface area contributed by atoms with Gasteiger partial charge in [0.15, 0.2) is 12.5 Å². The van der Waals surface area contributed by atoms with Gasteiger partial charge in [0.1, 0.15) is 28.1 Å². The lowest BCUT2D eigenvalue weighted by atomic mass is 9.93. The number of anilines is 1. The molecule has 4 aromatic rings. The summed E-state index contributed by atoms with van der Waals surface area (Å²) in [5.74, 6) is -2.48. The van der Waals surface area contributed by atoms with Crippen molar-refractivity contribution in [3.8, 4) is 22.0 Å². The molecule has 45 heavy (non-hydrogen) atoms. The van der Waals surface area contributed by atoms with Crippen molar-refractivity contribution in [3.63, 3.8) is 0 Å². The van der Waals surface area contributed by atoms with E-state index in [0.717, 1.165) is 57.2 Å². The third kappa shape index (κ3) is 7.54. The number of carbonyl (C=O) groups excluding carboxylic acids is 2. The van der Waals surface area contributed by atoms with Crippen LogP contribution in [0.5, 0.6) is 0 Å². The zero-order valence-electron chi connectivity index (χ0n) is 24.4. The normalized spacial score (nSPS) is 19.7. The molecule has 2 N–H and O–H groups in total. The van der Waals surface area contributed by atoms with Gasteiger partial charge in [-0.3, -0.25) is 14.3 Å². The van der Waals surface area contributed by atoms with Crippen molar-refractivity contribution in [3.05, 3.63) is 53.6 Å². The van der Waals surface area contributed by atoms with E-state index in [1.54, 1.807) is 28.7 Å². The largest absolute Gasteiger partial charge is 0.441 e. The number of halogens is 3. The molecule has 1 saturated heterocycles. The number of nitrogens with zero attached hydrogens (tertiary/aromatic N) is 6. The third-order valence-electron chi connectivity index (χ3n) is 7.74. The first-order chi connectivity index (χ1) is 21.4. The second-order valence-electron chi connectivity index (χ2n) is 10.7. The number of rotatable bonds is 10. The van der Waals surface area contributed by atoms with Crippen LogP contribution < -0.4 is 10.6 Å². The van der Waals surface area contributed by atoms with Crippen LogP contribution in [0.15, 0.2) is 36.1 Å². The number of amides is 1. The van der Waals surface area contributed by atoms with Crippen molar-refractivity contribution in [1.29, 1.82) is 0 Å². The molecule has 2 fully saturated rings. The van der Waals surface area contributed by atoms with E-state index in [1.165, 1.54) is 16.0 Å². The number of nitrogens with one attached hydrogen (secondary N) is 2. The maximum Gasteiger partial charge on any atom is 0.324 e. The Morgan fingerprint density at radius 1 is 1.11 bits per heavy atom. The highest BCUT2D eigenvalue weighted by Crippen LogP contribution is 2.34. The van der Waals surface area contributed by atoms with Crippen LogP contribution in [-0.4, -0.2) is 66.7 Å². The molecule has 0 spiro atoms. The average molecular weight is 663 g/mol. The molecule has 0 bridgehead atoms. The molecule has 4 aromatic heterocycles. The van der Waals surface area contributed by atoms with Gasteiger partial charge in [0.2, 0.25) is 5.95 Å². The van der Waals surface area contributed by atoms with Gasteiger partial charge in [-0.25, -0.2) is 19.0 Å². The molecular weight excluding hydrogens is 630 g/mol. The van der Waals surface area contributed by atoms with Gasteiger partial charge in [-0.05, 0) is 64.1 Å². The molecule has 0 aromatic carbocycles. The first kappa shape index (κ1) is 32.6. The monoisotopic (exact) mass is 662 g/mol. The first-order valence-corrected chi connectivity index (χ1v) is 15.5. The van der Waals surface area contributed by atoms with Crippen molar-refractivity contribution in [2.24, 2.45) is 0 Å². The molecule has 5 heterocycles. The highest BCUT2D eigenvalue weighted by Gasteiger charge is 2.27. The molecular formula is C29H33ClF2N8O4S. The van der Waals surface area contributed by atoms with Gasteiger partial charge >= 0.3 is 5.97 Å². The Balaban J connectivity index is 0.00000400. The van der Waals surface area contributed by atoms with Crippen LogP contribution >= 0.6 is 23.7 Å². The predicted octanol–water partition coefficient (Wildman–Crippen LogP) is 4.99. The van der Waals surface area contributed by atoms with Crippen LogP contribution in [0.4, 0.5) is 14.5 Å². The molecule has 240 valence electrons. The maximum absolute atomic E-state index is 14.8. The van der Waals surface area contributed by atoms with Gasteiger partial charge in [0.25, 0.3) is 5.91 Å². The number of thiazole rings is 1. The summed E-state index contributed by atoms with van der Waals surface area (Å²) >= 11 is 1.24. The average Bonchev–Trinajstić information content (AvgIpc) is 3.84. The Morgan fingerprint density at radius 2 is 1.93 bits per heavy atom. The number of aromatic nitrogens is 6. The van der Waals surface area contributed by atoms with E-state index in [1.807, 2.05) is 6.92 Å². The quantitative estimate of drug-likeness (QED) is 0.178. The van der Waals surface area contributed by atoms with Gasteiger partial charge in [-0.1, -0.05) is 0 Å². The van der Waals surface area contributed by atoms with E-state index < -0.39 is 17.7 Å². The zero-order valence-corrected chi connectivity index (χ0v) is 26.1. The summed E-state index contributed by atoms with van der Waals surface area (Å²) in [6.07, 6.45) is 10.0. The summed E-state index contributed by atoms with van der Waals surface area (Å²) in [7, 11) is 0. The van der Waals surface area contributed by atoms with Crippen molar-refractivity contribution in [2.75, 3.05) is 18.5 Å². The predicted molar refractivity (Wildman–Crippen MR) is 164 cm³/mol. The molecule has 1 atom stereocenters.